The number of fused-ring (bicyclic) bond motifs is 7. The number of hydrogen-bond donors (Lipinski definition) is 0. The Hall–Kier alpha value is -5.28. The molecule has 0 amide bonds. The van der Waals surface area contributed by atoms with Gasteiger partial charge >= 0.3 is 0 Å². The predicted octanol–water partition coefficient (Wildman–Crippen LogP) is 9.01. The van der Waals surface area contributed by atoms with Gasteiger partial charge < -0.3 is 9.47 Å². The topological polar surface area (TPSA) is 8.17 Å². The van der Waals surface area contributed by atoms with Crippen LogP contribution in [0.1, 0.15) is 53.6 Å². The van der Waals surface area contributed by atoms with Gasteiger partial charge in [-0.25, -0.2) is 0 Å². The molecule has 4 aliphatic heterocycles. The summed E-state index contributed by atoms with van der Waals surface area (Å²) in [6.07, 6.45) is 5.85. The molecule has 5 aromatic carbocycles. The monoisotopic (exact) mass is 614 g/mol. The number of nitrogens with zero attached hydrogens (tertiary/aromatic N) is 2. The van der Waals surface area contributed by atoms with Crippen molar-refractivity contribution in [1.29, 1.82) is 0 Å². The lowest BCUT2D eigenvalue weighted by Crippen LogP contribution is -2.58. The Kier molecular flexibility index (Phi) is 4.90. The Bertz CT molecular complexity index is 2470. The summed E-state index contributed by atoms with van der Waals surface area (Å²) in [5.41, 5.74) is 21.5. The molecule has 0 saturated heterocycles. The van der Waals surface area contributed by atoms with Crippen LogP contribution in [0.2, 0.25) is 0 Å². The summed E-state index contributed by atoms with van der Waals surface area (Å²) in [5, 5.41) is 1.33. The van der Waals surface area contributed by atoms with Gasteiger partial charge in [0.15, 0.2) is 0 Å². The van der Waals surface area contributed by atoms with Crippen LogP contribution in [0.4, 0.5) is 11.4 Å². The molecule has 0 spiro atoms. The van der Waals surface area contributed by atoms with Crippen LogP contribution < -0.4 is 16.0 Å². The quantitative estimate of drug-likeness (QED) is 0.177. The molecule has 11 rings (SSSR count). The molecule has 5 aliphatic rings. The standard InChI is InChI=1S/C45H35BN2/c1-27-19-23-29(24-20-27)45(30-25-21-28(2)22-26-30)33-14-10-18-38-39(33)46-40-34(45)13-9-15-35-42(40)48(37-17-8-6-12-32(37)44(35,3)4)41-31-11-5-7-16-36(31)47(38)43(41)46/h5-12,14-26H,13H2,1-4H3. The molecule has 6 aromatic rings. The zero-order chi connectivity index (χ0) is 32.1. The molecule has 0 N–H and O–H groups in total. The van der Waals surface area contributed by atoms with Crippen molar-refractivity contribution in [3.63, 3.8) is 0 Å². The lowest BCUT2D eigenvalue weighted by Gasteiger charge is -2.51. The normalized spacial score (nSPS) is 18.3. The van der Waals surface area contributed by atoms with Gasteiger partial charge in [0.2, 0.25) is 0 Å². The highest BCUT2D eigenvalue weighted by atomic mass is 15.2. The molecule has 0 unspecified atom stereocenters. The third-order valence-corrected chi connectivity index (χ3v) is 12.3. The Morgan fingerprint density at radius 2 is 1.31 bits per heavy atom. The molecule has 48 heavy (non-hydrogen) atoms. The van der Waals surface area contributed by atoms with Gasteiger partial charge in [-0.05, 0) is 82.8 Å². The summed E-state index contributed by atoms with van der Waals surface area (Å²) in [4.78, 5) is 2.68. The van der Waals surface area contributed by atoms with E-state index in [1.165, 1.54) is 94.7 Å². The van der Waals surface area contributed by atoms with Gasteiger partial charge in [-0.1, -0.05) is 134 Å². The van der Waals surface area contributed by atoms with Crippen LogP contribution in [-0.2, 0) is 10.8 Å². The maximum absolute atomic E-state index is 2.68. The summed E-state index contributed by atoms with van der Waals surface area (Å²) in [5.74, 6) is 0. The van der Waals surface area contributed by atoms with Crippen LogP contribution in [0.5, 0.6) is 0 Å². The van der Waals surface area contributed by atoms with E-state index in [0.717, 1.165) is 6.42 Å². The molecule has 1 aliphatic carbocycles. The third kappa shape index (κ3) is 2.91. The highest BCUT2D eigenvalue weighted by molar-refractivity contribution is 6.96. The van der Waals surface area contributed by atoms with Crippen LogP contribution in [0.3, 0.4) is 0 Å². The molecular weight excluding hydrogens is 579 g/mol. The molecule has 0 radical (unpaired) electrons. The van der Waals surface area contributed by atoms with Crippen LogP contribution in [-0.4, -0.2) is 11.3 Å². The van der Waals surface area contributed by atoms with E-state index in [0.29, 0.717) is 0 Å². The van der Waals surface area contributed by atoms with Crippen molar-refractivity contribution in [3.05, 3.63) is 183 Å². The molecule has 0 bridgehead atoms. The first-order chi connectivity index (χ1) is 23.4. The van der Waals surface area contributed by atoms with Crippen molar-refractivity contribution in [2.24, 2.45) is 0 Å². The first-order valence-corrected chi connectivity index (χ1v) is 17.4. The lowest BCUT2D eigenvalue weighted by molar-refractivity contribution is 0.620. The van der Waals surface area contributed by atoms with Crippen LogP contribution >= 0.6 is 0 Å². The summed E-state index contributed by atoms with van der Waals surface area (Å²) in [6.45, 7) is 9.44. The number of allylic oxidation sites excluding steroid dienone is 5. The SMILES string of the molecule is Cc1ccc(C2(c3ccc(C)cc3)C3=C4B5c6c(cccc62)-n2c5c(c5ccccc52)N2C4=C(C=CC3)C(C)(C)c3ccccc32)cc1. The Morgan fingerprint density at radius 1 is 0.667 bits per heavy atom. The van der Waals surface area contributed by atoms with Crippen molar-refractivity contribution in [3.8, 4) is 5.69 Å². The van der Waals surface area contributed by atoms with Gasteiger partial charge in [-0.3, -0.25) is 0 Å². The Balaban J connectivity index is 1.41. The van der Waals surface area contributed by atoms with E-state index in [9.17, 15) is 0 Å². The highest BCUT2D eigenvalue weighted by Crippen LogP contribution is 2.60. The van der Waals surface area contributed by atoms with Crippen molar-refractivity contribution < 1.29 is 0 Å². The summed E-state index contributed by atoms with van der Waals surface area (Å²) in [7, 11) is 0. The molecule has 3 heteroatoms. The molecule has 0 saturated carbocycles. The van der Waals surface area contributed by atoms with Crippen LogP contribution in [0.15, 0.2) is 150 Å². The second-order valence-corrected chi connectivity index (χ2v) is 15.0. The third-order valence-electron chi connectivity index (χ3n) is 12.3. The van der Waals surface area contributed by atoms with Crippen LogP contribution in [0.25, 0.3) is 16.6 Å². The minimum absolute atomic E-state index is 0.161. The van der Waals surface area contributed by atoms with Gasteiger partial charge in [-0.2, -0.15) is 0 Å². The zero-order valence-electron chi connectivity index (χ0n) is 27.8. The van der Waals surface area contributed by atoms with Gasteiger partial charge in [0, 0.05) is 27.8 Å². The highest BCUT2D eigenvalue weighted by Gasteiger charge is 2.59. The molecule has 1 aromatic heterocycles. The summed E-state index contributed by atoms with van der Waals surface area (Å²) < 4.78 is 2.62. The molecule has 228 valence electrons. The smallest absolute Gasteiger partial charge is 0.270 e. The van der Waals surface area contributed by atoms with Crippen LogP contribution in [0, 0.1) is 13.8 Å². The summed E-state index contributed by atoms with van der Waals surface area (Å²) in [6, 6.07) is 44.3. The van der Waals surface area contributed by atoms with Crippen molar-refractivity contribution in [2.75, 3.05) is 4.90 Å². The van der Waals surface area contributed by atoms with E-state index in [-0.39, 0.29) is 12.1 Å². The van der Waals surface area contributed by atoms with E-state index in [4.69, 9.17) is 0 Å². The van der Waals surface area contributed by atoms with E-state index < -0.39 is 5.41 Å². The zero-order valence-corrected chi connectivity index (χ0v) is 27.8. The maximum Gasteiger partial charge on any atom is 0.270 e. The van der Waals surface area contributed by atoms with Gasteiger partial charge in [0.05, 0.1) is 22.3 Å². The number of aryl methyl sites for hydroxylation is 2. The number of aromatic nitrogens is 1. The second-order valence-electron chi connectivity index (χ2n) is 15.0. The maximum atomic E-state index is 2.68. The van der Waals surface area contributed by atoms with Crippen molar-refractivity contribution in [2.45, 2.75) is 44.9 Å². The minimum Gasteiger partial charge on any atom is -0.320 e. The lowest BCUT2D eigenvalue weighted by atomic mass is 9.30. The fourth-order valence-corrected chi connectivity index (χ4v) is 10.3. The predicted molar refractivity (Wildman–Crippen MR) is 200 cm³/mol. The number of hydrogen-bond acceptors (Lipinski definition) is 1. The second kappa shape index (κ2) is 8.79. The Morgan fingerprint density at radius 3 is 2.06 bits per heavy atom. The molecule has 2 nitrogen and oxygen atoms in total. The summed E-state index contributed by atoms with van der Waals surface area (Å²) >= 11 is 0. The first kappa shape index (κ1) is 26.8. The number of rotatable bonds is 2. The van der Waals surface area contributed by atoms with Crippen molar-refractivity contribution in [1.82, 2.24) is 4.57 Å². The van der Waals surface area contributed by atoms with Gasteiger partial charge in [0.1, 0.15) is 0 Å². The first-order valence-electron chi connectivity index (χ1n) is 17.4. The molecular formula is C45H35BN2. The van der Waals surface area contributed by atoms with Gasteiger partial charge in [-0.15, -0.1) is 0 Å². The Labute approximate surface area is 282 Å². The number of para-hydroxylation sites is 2. The average Bonchev–Trinajstić information content (AvgIpc) is 3.54. The number of anilines is 2. The largest absolute Gasteiger partial charge is 0.320 e. The van der Waals surface area contributed by atoms with E-state index in [1.807, 2.05) is 0 Å². The minimum atomic E-state index is -0.449. The molecule has 5 heterocycles. The van der Waals surface area contributed by atoms with Crippen molar-refractivity contribution >= 4 is 40.0 Å². The number of benzene rings is 5. The molecule has 0 fully saturated rings. The molecule has 0 atom stereocenters. The fraction of sp³-hybridized carbons (Fsp3) is 0.156. The van der Waals surface area contributed by atoms with E-state index >= 15 is 0 Å². The fourth-order valence-electron chi connectivity index (χ4n) is 10.3. The van der Waals surface area contributed by atoms with Gasteiger partial charge in [0.25, 0.3) is 6.71 Å². The average molecular weight is 615 g/mol. The van der Waals surface area contributed by atoms with E-state index in [1.54, 1.807) is 0 Å². The van der Waals surface area contributed by atoms with E-state index in [2.05, 4.69) is 165 Å².